The van der Waals surface area contributed by atoms with Crippen molar-refractivity contribution >= 4 is 5.69 Å². The summed E-state index contributed by atoms with van der Waals surface area (Å²) in [4.78, 5) is 4.14. The molecule has 0 saturated heterocycles. The van der Waals surface area contributed by atoms with Crippen molar-refractivity contribution in [2.45, 2.75) is 6.61 Å². The standard InChI is InChI=1S/C13H14N2O2/c1-16-13-11(14)7-8-12(15-13)17-9-10-5-3-2-4-6-10/h2-8H,9,14H2,1H3. The number of nitrogens with zero attached hydrogens (tertiary/aromatic N) is 1. The van der Waals surface area contributed by atoms with Gasteiger partial charge in [-0.2, -0.15) is 4.98 Å². The number of anilines is 1. The Kier molecular flexibility index (Phi) is 3.45. The SMILES string of the molecule is COc1nc(OCc2ccccc2)ccc1N. The van der Waals surface area contributed by atoms with Gasteiger partial charge in [-0.25, -0.2) is 0 Å². The van der Waals surface area contributed by atoms with Gasteiger partial charge in [-0.05, 0) is 11.6 Å². The fraction of sp³-hybridized carbons (Fsp3) is 0.154. The topological polar surface area (TPSA) is 57.4 Å². The number of nitrogens with two attached hydrogens (primary N) is 1. The molecule has 0 saturated carbocycles. The summed E-state index contributed by atoms with van der Waals surface area (Å²) in [6.45, 7) is 0.473. The molecule has 1 aromatic carbocycles. The van der Waals surface area contributed by atoms with Crippen LogP contribution >= 0.6 is 0 Å². The molecule has 2 aromatic rings. The lowest BCUT2D eigenvalue weighted by Crippen LogP contribution is -2.00. The lowest BCUT2D eigenvalue weighted by Gasteiger charge is -2.08. The maximum atomic E-state index is 5.66. The number of rotatable bonds is 4. The number of methoxy groups -OCH3 is 1. The molecule has 17 heavy (non-hydrogen) atoms. The molecule has 0 radical (unpaired) electrons. The Balaban J connectivity index is 2.04. The van der Waals surface area contributed by atoms with Gasteiger partial charge in [0.25, 0.3) is 0 Å². The van der Waals surface area contributed by atoms with Crippen LogP contribution in [0.2, 0.25) is 0 Å². The maximum absolute atomic E-state index is 5.66. The Morgan fingerprint density at radius 2 is 1.88 bits per heavy atom. The number of ether oxygens (including phenoxy) is 2. The minimum Gasteiger partial charge on any atom is -0.479 e. The van der Waals surface area contributed by atoms with Crippen molar-refractivity contribution in [3.05, 3.63) is 48.0 Å². The molecule has 1 heterocycles. The van der Waals surface area contributed by atoms with E-state index in [4.69, 9.17) is 15.2 Å². The molecule has 0 aliphatic carbocycles. The van der Waals surface area contributed by atoms with Crippen LogP contribution in [0.1, 0.15) is 5.56 Å². The molecule has 88 valence electrons. The van der Waals surface area contributed by atoms with E-state index in [0.717, 1.165) is 5.56 Å². The third kappa shape index (κ3) is 2.87. The quantitative estimate of drug-likeness (QED) is 0.875. The molecular formula is C13H14N2O2. The van der Waals surface area contributed by atoms with Crippen LogP contribution in [0.5, 0.6) is 11.8 Å². The first kappa shape index (κ1) is 11.3. The molecule has 4 nitrogen and oxygen atoms in total. The Morgan fingerprint density at radius 3 is 2.59 bits per heavy atom. The zero-order valence-corrected chi connectivity index (χ0v) is 9.59. The Labute approximate surface area is 100 Å². The number of benzene rings is 1. The summed E-state index contributed by atoms with van der Waals surface area (Å²) in [5, 5.41) is 0. The first-order valence-corrected chi connectivity index (χ1v) is 5.27. The van der Waals surface area contributed by atoms with E-state index in [9.17, 15) is 0 Å². The molecular weight excluding hydrogens is 216 g/mol. The van der Waals surface area contributed by atoms with E-state index in [2.05, 4.69) is 4.98 Å². The van der Waals surface area contributed by atoms with Gasteiger partial charge in [-0.15, -0.1) is 0 Å². The van der Waals surface area contributed by atoms with Crippen LogP contribution in [0, 0.1) is 0 Å². The average molecular weight is 230 g/mol. The van der Waals surface area contributed by atoms with Gasteiger partial charge in [0.15, 0.2) is 0 Å². The zero-order valence-electron chi connectivity index (χ0n) is 9.59. The number of aromatic nitrogens is 1. The fourth-order valence-electron chi connectivity index (χ4n) is 1.41. The molecule has 4 heteroatoms. The van der Waals surface area contributed by atoms with E-state index in [1.54, 1.807) is 12.1 Å². The van der Waals surface area contributed by atoms with Crippen LogP contribution in [0.25, 0.3) is 0 Å². The van der Waals surface area contributed by atoms with E-state index in [1.165, 1.54) is 7.11 Å². The largest absolute Gasteiger partial charge is 0.479 e. The highest BCUT2D eigenvalue weighted by atomic mass is 16.5. The molecule has 0 amide bonds. The van der Waals surface area contributed by atoms with Gasteiger partial charge >= 0.3 is 0 Å². The number of pyridine rings is 1. The summed E-state index contributed by atoms with van der Waals surface area (Å²) in [5.74, 6) is 0.885. The molecule has 2 N–H and O–H groups in total. The third-order valence-corrected chi connectivity index (χ3v) is 2.29. The molecule has 0 aliphatic rings. The zero-order chi connectivity index (χ0) is 12.1. The predicted octanol–water partition coefficient (Wildman–Crippen LogP) is 2.25. The monoisotopic (exact) mass is 230 g/mol. The van der Waals surface area contributed by atoms with Gasteiger partial charge in [0, 0.05) is 6.07 Å². The van der Waals surface area contributed by atoms with Crippen LogP contribution in [-0.2, 0) is 6.61 Å². The van der Waals surface area contributed by atoms with E-state index in [0.29, 0.717) is 24.1 Å². The highest BCUT2D eigenvalue weighted by molar-refractivity contribution is 5.49. The summed E-state index contributed by atoms with van der Waals surface area (Å²) in [6, 6.07) is 13.3. The Hall–Kier alpha value is -2.23. The van der Waals surface area contributed by atoms with Gasteiger partial charge in [-0.1, -0.05) is 30.3 Å². The van der Waals surface area contributed by atoms with Crippen molar-refractivity contribution in [1.82, 2.24) is 4.98 Å². The smallest absolute Gasteiger partial charge is 0.240 e. The van der Waals surface area contributed by atoms with Gasteiger partial charge in [0.2, 0.25) is 11.8 Å². The van der Waals surface area contributed by atoms with Crippen LogP contribution < -0.4 is 15.2 Å². The summed E-state index contributed by atoms with van der Waals surface area (Å²) in [6.07, 6.45) is 0. The second kappa shape index (κ2) is 5.21. The predicted molar refractivity (Wildman–Crippen MR) is 66.0 cm³/mol. The van der Waals surface area contributed by atoms with Crippen LogP contribution in [0.3, 0.4) is 0 Å². The first-order valence-electron chi connectivity index (χ1n) is 5.27. The number of hydrogen-bond acceptors (Lipinski definition) is 4. The van der Waals surface area contributed by atoms with Crippen molar-refractivity contribution in [3.8, 4) is 11.8 Å². The second-order valence-corrected chi connectivity index (χ2v) is 3.52. The summed E-state index contributed by atoms with van der Waals surface area (Å²) < 4.78 is 10.6. The normalized spacial score (nSPS) is 9.94. The van der Waals surface area contributed by atoms with Crippen LogP contribution in [0.4, 0.5) is 5.69 Å². The summed E-state index contributed by atoms with van der Waals surface area (Å²) >= 11 is 0. The highest BCUT2D eigenvalue weighted by Gasteiger charge is 2.03. The Bertz CT molecular complexity index is 486. The molecule has 0 unspecified atom stereocenters. The first-order chi connectivity index (χ1) is 8.29. The lowest BCUT2D eigenvalue weighted by atomic mass is 10.2. The second-order valence-electron chi connectivity index (χ2n) is 3.52. The highest BCUT2D eigenvalue weighted by Crippen LogP contribution is 2.21. The van der Waals surface area contributed by atoms with Crippen molar-refractivity contribution in [3.63, 3.8) is 0 Å². The van der Waals surface area contributed by atoms with E-state index in [1.807, 2.05) is 30.3 Å². The van der Waals surface area contributed by atoms with Crippen molar-refractivity contribution < 1.29 is 9.47 Å². The van der Waals surface area contributed by atoms with Gasteiger partial charge in [0.05, 0.1) is 12.8 Å². The van der Waals surface area contributed by atoms with E-state index in [-0.39, 0.29) is 0 Å². The summed E-state index contributed by atoms with van der Waals surface area (Å²) in [7, 11) is 1.53. The van der Waals surface area contributed by atoms with Crippen molar-refractivity contribution in [1.29, 1.82) is 0 Å². The molecule has 1 aromatic heterocycles. The fourth-order valence-corrected chi connectivity index (χ4v) is 1.41. The summed E-state index contributed by atoms with van der Waals surface area (Å²) in [5.41, 5.74) is 7.25. The Morgan fingerprint density at radius 1 is 1.12 bits per heavy atom. The maximum Gasteiger partial charge on any atom is 0.240 e. The minimum atomic E-state index is 0.385. The van der Waals surface area contributed by atoms with Crippen LogP contribution in [0.15, 0.2) is 42.5 Å². The molecule has 0 bridgehead atoms. The number of nitrogen functional groups attached to an aromatic ring is 1. The van der Waals surface area contributed by atoms with Crippen molar-refractivity contribution in [2.75, 3.05) is 12.8 Å². The lowest BCUT2D eigenvalue weighted by molar-refractivity contribution is 0.287. The van der Waals surface area contributed by atoms with Gasteiger partial charge < -0.3 is 15.2 Å². The molecule has 0 fully saturated rings. The third-order valence-electron chi connectivity index (χ3n) is 2.29. The van der Waals surface area contributed by atoms with E-state index < -0.39 is 0 Å². The minimum absolute atomic E-state index is 0.385. The van der Waals surface area contributed by atoms with Crippen LogP contribution in [-0.4, -0.2) is 12.1 Å². The van der Waals surface area contributed by atoms with Gasteiger partial charge in [-0.3, -0.25) is 0 Å². The van der Waals surface area contributed by atoms with Crippen molar-refractivity contribution in [2.24, 2.45) is 0 Å². The molecule has 0 atom stereocenters. The van der Waals surface area contributed by atoms with E-state index >= 15 is 0 Å². The average Bonchev–Trinajstić information content (AvgIpc) is 2.39. The number of hydrogen-bond donors (Lipinski definition) is 1. The molecule has 0 spiro atoms. The molecule has 2 rings (SSSR count). The van der Waals surface area contributed by atoms with Gasteiger partial charge in [0.1, 0.15) is 6.61 Å². The molecule has 0 aliphatic heterocycles.